The van der Waals surface area contributed by atoms with Crippen LogP contribution in [0.2, 0.25) is 0 Å². The van der Waals surface area contributed by atoms with Gasteiger partial charge in [-0.15, -0.1) is 0 Å². The molecule has 0 radical (unpaired) electrons. The van der Waals surface area contributed by atoms with E-state index in [-0.39, 0.29) is 18.7 Å². The highest BCUT2D eigenvalue weighted by molar-refractivity contribution is 5.79. The number of amides is 1. The summed E-state index contributed by atoms with van der Waals surface area (Å²) in [6.07, 6.45) is 0.696. The molecule has 0 saturated carbocycles. The summed E-state index contributed by atoms with van der Waals surface area (Å²) in [5.41, 5.74) is 6.58. The van der Waals surface area contributed by atoms with Crippen LogP contribution in [-0.2, 0) is 16.0 Å². The van der Waals surface area contributed by atoms with Gasteiger partial charge in [0.15, 0.2) is 0 Å². The van der Waals surface area contributed by atoms with Crippen LogP contribution in [0.3, 0.4) is 0 Å². The van der Waals surface area contributed by atoms with Gasteiger partial charge in [0, 0.05) is 17.6 Å². The van der Waals surface area contributed by atoms with E-state index in [1.165, 1.54) is 0 Å². The number of hydrogen-bond donors (Lipinski definition) is 3. The van der Waals surface area contributed by atoms with Crippen LogP contribution in [0.15, 0.2) is 24.3 Å². The summed E-state index contributed by atoms with van der Waals surface area (Å²) in [6, 6.07) is 7.11. The number of carboxylic acids is 1. The minimum Gasteiger partial charge on any atom is -0.481 e. The second-order valence-electron chi connectivity index (χ2n) is 5.24. The fourth-order valence-electron chi connectivity index (χ4n) is 1.72. The molecule has 4 N–H and O–H groups in total. The topological polar surface area (TPSA) is 92.4 Å². The van der Waals surface area contributed by atoms with Crippen molar-refractivity contribution in [3.63, 3.8) is 0 Å². The van der Waals surface area contributed by atoms with Gasteiger partial charge >= 0.3 is 5.97 Å². The SMILES string of the molecule is CC(C)(CCC(=O)O)NC(=O)Cc1ccc(N)cc1. The van der Waals surface area contributed by atoms with Crippen LogP contribution >= 0.6 is 0 Å². The summed E-state index contributed by atoms with van der Waals surface area (Å²) in [6.45, 7) is 3.63. The molecule has 0 aromatic heterocycles. The molecule has 0 aliphatic heterocycles. The smallest absolute Gasteiger partial charge is 0.303 e. The summed E-state index contributed by atoms with van der Waals surface area (Å²) in [4.78, 5) is 22.4. The Balaban J connectivity index is 2.50. The molecule has 0 aliphatic rings. The zero-order chi connectivity index (χ0) is 14.5. The standard InChI is InChI=1S/C14H20N2O3/c1-14(2,8-7-13(18)19)16-12(17)9-10-3-5-11(15)6-4-10/h3-6H,7-9,15H2,1-2H3,(H,16,17)(H,18,19). The number of anilines is 1. The molecule has 5 nitrogen and oxygen atoms in total. The Morgan fingerprint density at radius 2 is 1.84 bits per heavy atom. The zero-order valence-corrected chi connectivity index (χ0v) is 11.3. The predicted molar refractivity (Wildman–Crippen MR) is 73.6 cm³/mol. The van der Waals surface area contributed by atoms with E-state index in [4.69, 9.17) is 10.8 Å². The number of aliphatic carboxylic acids is 1. The van der Waals surface area contributed by atoms with Gasteiger partial charge in [-0.25, -0.2) is 0 Å². The first-order valence-electron chi connectivity index (χ1n) is 6.16. The zero-order valence-electron chi connectivity index (χ0n) is 11.3. The first kappa shape index (κ1) is 15.0. The Labute approximate surface area is 112 Å². The molecule has 1 aromatic carbocycles. The van der Waals surface area contributed by atoms with Crippen molar-refractivity contribution < 1.29 is 14.7 Å². The van der Waals surface area contributed by atoms with E-state index in [1.54, 1.807) is 24.3 Å². The molecule has 19 heavy (non-hydrogen) atoms. The van der Waals surface area contributed by atoms with E-state index >= 15 is 0 Å². The van der Waals surface area contributed by atoms with Gasteiger partial charge in [-0.1, -0.05) is 12.1 Å². The maximum Gasteiger partial charge on any atom is 0.303 e. The molecule has 1 aromatic rings. The van der Waals surface area contributed by atoms with Crippen molar-refractivity contribution in [2.24, 2.45) is 0 Å². The Hall–Kier alpha value is -2.04. The Kier molecular flexibility index (Phi) is 4.92. The molecule has 0 heterocycles. The third-order valence-electron chi connectivity index (χ3n) is 2.79. The van der Waals surface area contributed by atoms with E-state index < -0.39 is 11.5 Å². The van der Waals surface area contributed by atoms with E-state index in [1.807, 2.05) is 13.8 Å². The molecule has 0 bridgehead atoms. The summed E-state index contributed by atoms with van der Waals surface area (Å²) in [5, 5.41) is 11.5. The molecule has 0 saturated heterocycles. The van der Waals surface area contributed by atoms with Gasteiger partial charge in [-0.3, -0.25) is 9.59 Å². The van der Waals surface area contributed by atoms with Gasteiger partial charge in [0.25, 0.3) is 0 Å². The molecular formula is C14H20N2O3. The number of hydrogen-bond acceptors (Lipinski definition) is 3. The Morgan fingerprint density at radius 1 is 1.26 bits per heavy atom. The molecular weight excluding hydrogens is 244 g/mol. The first-order valence-corrected chi connectivity index (χ1v) is 6.16. The number of nitrogens with one attached hydrogen (secondary N) is 1. The maximum atomic E-state index is 11.9. The molecule has 0 aliphatic carbocycles. The first-order chi connectivity index (χ1) is 8.78. The predicted octanol–water partition coefficient (Wildman–Crippen LogP) is 1.57. The van der Waals surface area contributed by atoms with Crippen LogP contribution in [0.4, 0.5) is 5.69 Å². The molecule has 0 unspecified atom stereocenters. The Morgan fingerprint density at radius 3 is 2.37 bits per heavy atom. The normalized spacial score (nSPS) is 11.1. The molecule has 5 heteroatoms. The molecule has 104 valence electrons. The third-order valence-corrected chi connectivity index (χ3v) is 2.79. The fourth-order valence-corrected chi connectivity index (χ4v) is 1.72. The minimum atomic E-state index is -0.860. The second kappa shape index (κ2) is 6.22. The second-order valence-corrected chi connectivity index (χ2v) is 5.24. The summed E-state index contributed by atoms with van der Waals surface area (Å²) < 4.78 is 0. The summed E-state index contributed by atoms with van der Waals surface area (Å²) in [7, 11) is 0. The van der Waals surface area contributed by atoms with Crippen molar-refractivity contribution in [1.82, 2.24) is 5.32 Å². The Bertz CT molecular complexity index is 452. The van der Waals surface area contributed by atoms with E-state index in [9.17, 15) is 9.59 Å². The van der Waals surface area contributed by atoms with Crippen LogP contribution in [0.25, 0.3) is 0 Å². The van der Waals surface area contributed by atoms with Crippen molar-refractivity contribution in [1.29, 1.82) is 0 Å². The van der Waals surface area contributed by atoms with Crippen molar-refractivity contribution in [3.8, 4) is 0 Å². The number of carbonyl (C=O) groups is 2. The average molecular weight is 264 g/mol. The van der Waals surface area contributed by atoms with Crippen LogP contribution in [0.5, 0.6) is 0 Å². The van der Waals surface area contributed by atoms with E-state index in [0.29, 0.717) is 12.1 Å². The van der Waals surface area contributed by atoms with Gasteiger partial charge in [-0.05, 0) is 38.0 Å². The quantitative estimate of drug-likeness (QED) is 0.680. The summed E-state index contributed by atoms with van der Waals surface area (Å²) in [5.74, 6) is -0.985. The number of rotatable bonds is 6. The number of benzene rings is 1. The monoisotopic (exact) mass is 264 g/mol. The highest BCUT2D eigenvalue weighted by atomic mass is 16.4. The summed E-state index contributed by atoms with van der Waals surface area (Å²) >= 11 is 0. The van der Waals surface area contributed by atoms with Gasteiger partial charge < -0.3 is 16.2 Å². The van der Waals surface area contributed by atoms with E-state index in [2.05, 4.69) is 5.32 Å². The molecule has 0 fully saturated rings. The fraction of sp³-hybridized carbons (Fsp3) is 0.429. The molecule has 1 amide bonds. The van der Waals surface area contributed by atoms with E-state index in [0.717, 1.165) is 5.56 Å². The van der Waals surface area contributed by atoms with Crippen molar-refractivity contribution in [3.05, 3.63) is 29.8 Å². The molecule has 0 atom stereocenters. The molecule has 0 spiro atoms. The van der Waals surface area contributed by atoms with Crippen LogP contribution in [-0.4, -0.2) is 22.5 Å². The van der Waals surface area contributed by atoms with Gasteiger partial charge in [0.05, 0.1) is 6.42 Å². The number of carboxylic acid groups (broad SMARTS) is 1. The lowest BCUT2D eigenvalue weighted by atomic mass is 9.98. The van der Waals surface area contributed by atoms with Gasteiger partial charge in [0.2, 0.25) is 5.91 Å². The highest BCUT2D eigenvalue weighted by Gasteiger charge is 2.21. The van der Waals surface area contributed by atoms with Crippen LogP contribution in [0.1, 0.15) is 32.3 Å². The van der Waals surface area contributed by atoms with Gasteiger partial charge in [0.1, 0.15) is 0 Å². The van der Waals surface area contributed by atoms with Gasteiger partial charge in [-0.2, -0.15) is 0 Å². The van der Waals surface area contributed by atoms with Crippen molar-refractivity contribution in [2.75, 3.05) is 5.73 Å². The lowest BCUT2D eigenvalue weighted by Gasteiger charge is -2.25. The lowest BCUT2D eigenvalue weighted by molar-refractivity contribution is -0.137. The third kappa shape index (κ3) is 5.90. The van der Waals surface area contributed by atoms with Crippen molar-refractivity contribution in [2.45, 2.75) is 38.6 Å². The number of nitrogen functional groups attached to an aromatic ring is 1. The van der Waals surface area contributed by atoms with Crippen LogP contribution < -0.4 is 11.1 Å². The van der Waals surface area contributed by atoms with Crippen molar-refractivity contribution >= 4 is 17.6 Å². The largest absolute Gasteiger partial charge is 0.481 e. The highest BCUT2D eigenvalue weighted by Crippen LogP contribution is 2.12. The average Bonchev–Trinajstić information content (AvgIpc) is 2.29. The maximum absolute atomic E-state index is 11.9. The van der Waals surface area contributed by atoms with Crippen LogP contribution in [0, 0.1) is 0 Å². The minimum absolute atomic E-state index is 0.0369. The number of nitrogens with two attached hydrogens (primary N) is 1. The lowest BCUT2D eigenvalue weighted by Crippen LogP contribution is -2.44. The molecule has 1 rings (SSSR count). The number of carbonyl (C=O) groups excluding carboxylic acids is 1.